The van der Waals surface area contributed by atoms with Crippen LogP contribution in [-0.2, 0) is 14.4 Å². The van der Waals surface area contributed by atoms with E-state index in [9.17, 15) is 14.4 Å². The highest BCUT2D eigenvalue weighted by atomic mass is 16.4. The lowest BCUT2D eigenvalue weighted by Crippen LogP contribution is -2.41. The number of carboxylic acid groups (broad SMARTS) is 1. The molecule has 1 aliphatic heterocycles. The third kappa shape index (κ3) is 5.65. The highest BCUT2D eigenvalue weighted by Crippen LogP contribution is 2.06. The van der Waals surface area contributed by atoms with Crippen LogP contribution in [0, 0.1) is 0 Å². The second kappa shape index (κ2) is 7.68. The number of unbranched alkanes of at least 4 members (excludes halogenated alkanes) is 3. The number of carbonyl (C=O) groups excluding carboxylic acids is 2. The summed E-state index contributed by atoms with van der Waals surface area (Å²) in [5.74, 6) is -0.949. The molecule has 0 aromatic rings. The lowest BCUT2D eigenvalue weighted by Gasteiger charge is -2.10. The molecule has 3 N–H and O–H groups in total. The van der Waals surface area contributed by atoms with E-state index in [1.54, 1.807) is 0 Å². The van der Waals surface area contributed by atoms with Gasteiger partial charge in [0.1, 0.15) is 6.04 Å². The molecule has 1 heterocycles. The van der Waals surface area contributed by atoms with Crippen molar-refractivity contribution >= 4 is 17.8 Å². The first-order valence-corrected chi connectivity index (χ1v) is 6.38. The Morgan fingerprint density at radius 1 is 1.28 bits per heavy atom. The van der Waals surface area contributed by atoms with E-state index in [-0.39, 0.29) is 24.3 Å². The molecule has 0 aliphatic carbocycles. The fraction of sp³-hybridized carbons (Fsp3) is 0.750. The highest BCUT2D eigenvalue weighted by molar-refractivity contribution is 5.90. The minimum Gasteiger partial charge on any atom is -0.481 e. The van der Waals surface area contributed by atoms with Crippen LogP contribution in [0.4, 0.5) is 0 Å². The predicted octanol–water partition coefficient (Wildman–Crippen LogP) is 0.416. The molecule has 1 aliphatic rings. The number of amides is 2. The SMILES string of the molecule is O=C(O)CCCCCCNC(=O)[C@H]1CCC(=O)N1. The molecule has 6 heteroatoms. The van der Waals surface area contributed by atoms with Crippen LogP contribution in [0.3, 0.4) is 0 Å². The molecule has 0 aromatic heterocycles. The summed E-state index contributed by atoms with van der Waals surface area (Å²) in [5.41, 5.74) is 0. The van der Waals surface area contributed by atoms with Crippen LogP contribution in [-0.4, -0.2) is 35.5 Å². The zero-order valence-corrected chi connectivity index (χ0v) is 10.4. The maximum Gasteiger partial charge on any atom is 0.303 e. The molecular weight excluding hydrogens is 236 g/mol. The van der Waals surface area contributed by atoms with Gasteiger partial charge >= 0.3 is 5.97 Å². The molecule has 6 nitrogen and oxygen atoms in total. The molecule has 0 aromatic carbocycles. The molecule has 0 radical (unpaired) electrons. The van der Waals surface area contributed by atoms with Crippen molar-refractivity contribution in [2.45, 2.75) is 51.0 Å². The maximum atomic E-state index is 11.6. The van der Waals surface area contributed by atoms with E-state index in [4.69, 9.17) is 5.11 Å². The summed E-state index contributed by atoms with van der Waals surface area (Å²) in [6.45, 7) is 0.582. The number of carbonyl (C=O) groups is 3. The van der Waals surface area contributed by atoms with Gasteiger partial charge in [0.25, 0.3) is 0 Å². The topological polar surface area (TPSA) is 95.5 Å². The second-order valence-corrected chi connectivity index (χ2v) is 4.51. The van der Waals surface area contributed by atoms with Crippen molar-refractivity contribution in [1.82, 2.24) is 10.6 Å². The Labute approximate surface area is 106 Å². The number of hydrogen-bond donors (Lipinski definition) is 3. The van der Waals surface area contributed by atoms with Crippen molar-refractivity contribution in [1.29, 1.82) is 0 Å². The molecule has 0 unspecified atom stereocenters. The van der Waals surface area contributed by atoms with Gasteiger partial charge in [-0.15, -0.1) is 0 Å². The fourth-order valence-electron chi connectivity index (χ4n) is 1.90. The largest absolute Gasteiger partial charge is 0.481 e. The number of nitrogens with one attached hydrogen (secondary N) is 2. The van der Waals surface area contributed by atoms with Gasteiger partial charge in [-0.2, -0.15) is 0 Å². The molecule has 0 saturated carbocycles. The lowest BCUT2D eigenvalue weighted by atomic mass is 10.1. The summed E-state index contributed by atoms with van der Waals surface area (Å²) < 4.78 is 0. The number of aliphatic carboxylic acids is 1. The molecule has 18 heavy (non-hydrogen) atoms. The molecule has 1 rings (SSSR count). The molecule has 0 bridgehead atoms. The van der Waals surface area contributed by atoms with Crippen molar-refractivity contribution in [2.24, 2.45) is 0 Å². The summed E-state index contributed by atoms with van der Waals surface area (Å²) in [6, 6.07) is -0.371. The number of hydrogen-bond acceptors (Lipinski definition) is 3. The van der Waals surface area contributed by atoms with E-state index in [1.807, 2.05) is 0 Å². The molecular formula is C12H20N2O4. The van der Waals surface area contributed by atoms with Gasteiger partial charge in [-0.1, -0.05) is 12.8 Å². The van der Waals surface area contributed by atoms with Crippen molar-refractivity contribution in [3.05, 3.63) is 0 Å². The van der Waals surface area contributed by atoms with Gasteiger partial charge in [-0.3, -0.25) is 14.4 Å². The smallest absolute Gasteiger partial charge is 0.303 e. The van der Waals surface area contributed by atoms with Crippen molar-refractivity contribution < 1.29 is 19.5 Å². The minimum absolute atomic E-state index is 0.0659. The molecule has 0 spiro atoms. The van der Waals surface area contributed by atoms with Crippen molar-refractivity contribution in [3.63, 3.8) is 0 Å². The van der Waals surface area contributed by atoms with E-state index >= 15 is 0 Å². The van der Waals surface area contributed by atoms with E-state index in [0.717, 1.165) is 19.3 Å². The number of rotatable bonds is 8. The summed E-state index contributed by atoms with van der Waals surface area (Å²) in [6.07, 6.45) is 4.50. The zero-order chi connectivity index (χ0) is 13.4. The first-order valence-electron chi connectivity index (χ1n) is 6.38. The van der Waals surface area contributed by atoms with E-state index < -0.39 is 5.97 Å². The molecule has 102 valence electrons. The monoisotopic (exact) mass is 256 g/mol. The Balaban J connectivity index is 1.96. The molecule has 2 amide bonds. The lowest BCUT2D eigenvalue weighted by molar-refractivity contribution is -0.137. The van der Waals surface area contributed by atoms with E-state index in [1.165, 1.54) is 0 Å². The first-order chi connectivity index (χ1) is 8.59. The average Bonchev–Trinajstić information content (AvgIpc) is 2.74. The molecule has 1 atom stereocenters. The zero-order valence-electron chi connectivity index (χ0n) is 10.4. The van der Waals surface area contributed by atoms with Crippen LogP contribution in [0.5, 0.6) is 0 Å². The van der Waals surface area contributed by atoms with Gasteiger partial charge in [0.15, 0.2) is 0 Å². The summed E-state index contributed by atoms with van der Waals surface area (Å²) in [7, 11) is 0. The van der Waals surface area contributed by atoms with Gasteiger partial charge in [0.05, 0.1) is 0 Å². The quantitative estimate of drug-likeness (QED) is 0.548. The highest BCUT2D eigenvalue weighted by Gasteiger charge is 2.26. The van der Waals surface area contributed by atoms with Gasteiger partial charge in [0, 0.05) is 19.4 Å². The Hall–Kier alpha value is -1.59. The molecule has 1 fully saturated rings. The van der Waals surface area contributed by atoms with Gasteiger partial charge in [-0.05, 0) is 19.3 Å². The van der Waals surface area contributed by atoms with Crippen LogP contribution < -0.4 is 10.6 Å². The Kier molecular flexibility index (Phi) is 6.18. The van der Waals surface area contributed by atoms with Crippen LogP contribution in [0.25, 0.3) is 0 Å². The average molecular weight is 256 g/mol. The fourth-order valence-corrected chi connectivity index (χ4v) is 1.90. The predicted molar refractivity (Wildman–Crippen MR) is 64.9 cm³/mol. The van der Waals surface area contributed by atoms with E-state index in [0.29, 0.717) is 25.8 Å². The van der Waals surface area contributed by atoms with Gasteiger partial charge in [-0.25, -0.2) is 0 Å². The first kappa shape index (κ1) is 14.5. The van der Waals surface area contributed by atoms with Crippen molar-refractivity contribution in [2.75, 3.05) is 6.54 Å². The normalized spacial score (nSPS) is 18.4. The Morgan fingerprint density at radius 3 is 2.61 bits per heavy atom. The van der Waals surface area contributed by atoms with Crippen LogP contribution in [0.1, 0.15) is 44.9 Å². The summed E-state index contributed by atoms with van der Waals surface area (Å²) >= 11 is 0. The third-order valence-electron chi connectivity index (χ3n) is 2.93. The summed E-state index contributed by atoms with van der Waals surface area (Å²) in [4.78, 5) is 32.7. The maximum absolute atomic E-state index is 11.6. The second-order valence-electron chi connectivity index (χ2n) is 4.51. The van der Waals surface area contributed by atoms with E-state index in [2.05, 4.69) is 10.6 Å². The third-order valence-corrected chi connectivity index (χ3v) is 2.93. The van der Waals surface area contributed by atoms with Crippen LogP contribution in [0.2, 0.25) is 0 Å². The van der Waals surface area contributed by atoms with Crippen molar-refractivity contribution in [3.8, 4) is 0 Å². The van der Waals surface area contributed by atoms with Crippen LogP contribution in [0.15, 0.2) is 0 Å². The Morgan fingerprint density at radius 2 is 2.00 bits per heavy atom. The minimum atomic E-state index is -0.764. The standard InChI is InChI=1S/C12H20N2O4/c15-10-7-6-9(14-10)12(18)13-8-4-2-1-3-5-11(16)17/h9H,1-8H2,(H,13,18)(H,14,15)(H,16,17)/t9-/m1/s1. The van der Waals surface area contributed by atoms with Gasteiger partial charge in [0.2, 0.25) is 11.8 Å². The Bertz CT molecular complexity index is 317. The van der Waals surface area contributed by atoms with Crippen LogP contribution >= 0.6 is 0 Å². The summed E-state index contributed by atoms with van der Waals surface area (Å²) in [5, 5.41) is 13.8. The number of carboxylic acids is 1. The van der Waals surface area contributed by atoms with Gasteiger partial charge < -0.3 is 15.7 Å². The molecule has 1 saturated heterocycles.